The normalized spacial score (nSPS) is 22.7. The molecular weight excluding hydrogens is 209 g/mol. The van der Waals surface area contributed by atoms with Crippen molar-refractivity contribution in [2.24, 2.45) is 0 Å². The number of rotatable bonds is 1. The van der Waals surface area contributed by atoms with E-state index in [4.69, 9.17) is 5.11 Å². The van der Waals surface area contributed by atoms with E-state index >= 15 is 0 Å². The Bertz CT molecular complexity index is 197. The van der Waals surface area contributed by atoms with Gasteiger partial charge in [-0.05, 0) is 12.8 Å². The fourth-order valence-corrected chi connectivity index (χ4v) is 1.33. The highest BCUT2D eigenvalue weighted by molar-refractivity contribution is 4.82. The highest BCUT2D eigenvalue weighted by Gasteiger charge is 2.61. The Morgan fingerprint density at radius 2 is 1.43 bits per heavy atom. The van der Waals surface area contributed by atoms with Gasteiger partial charge in [0.05, 0.1) is 6.10 Å². The molecule has 2 nitrogen and oxygen atoms in total. The molecule has 0 amide bonds. The first-order valence-corrected chi connectivity index (χ1v) is 4.13. The second-order valence-corrected chi connectivity index (χ2v) is 3.26. The summed E-state index contributed by atoms with van der Waals surface area (Å²) in [5, 5.41) is 8.94. The molecule has 0 aromatic carbocycles. The first-order valence-electron chi connectivity index (χ1n) is 4.13. The SMILES string of the molecule is OC1CCN(C(F)(F)C(F)(F)F)CC1. The number of hydrogen-bond acceptors (Lipinski definition) is 2. The van der Waals surface area contributed by atoms with Crippen molar-refractivity contribution in [1.29, 1.82) is 0 Å². The van der Waals surface area contributed by atoms with Gasteiger partial charge in [0, 0.05) is 13.1 Å². The van der Waals surface area contributed by atoms with Crippen molar-refractivity contribution in [2.75, 3.05) is 13.1 Å². The molecule has 0 aromatic rings. The zero-order chi connectivity index (χ0) is 11.0. The molecule has 1 fully saturated rings. The number of aliphatic hydroxyl groups excluding tert-OH is 1. The maximum absolute atomic E-state index is 12.7. The van der Waals surface area contributed by atoms with Crippen molar-refractivity contribution in [3.63, 3.8) is 0 Å². The molecule has 0 spiro atoms. The lowest BCUT2D eigenvalue weighted by Crippen LogP contribution is -2.55. The minimum atomic E-state index is -5.55. The Morgan fingerprint density at radius 3 is 1.79 bits per heavy atom. The molecule has 7 heteroatoms. The van der Waals surface area contributed by atoms with Crippen molar-refractivity contribution >= 4 is 0 Å². The van der Waals surface area contributed by atoms with Gasteiger partial charge < -0.3 is 5.11 Å². The lowest BCUT2D eigenvalue weighted by Gasteiger charge is -2.36. The van der Waals surface area contributed by atoms with Crippen molar-refractivity contribution < 1.29 is 27.1 Å². The van der Waals surface area contributed by atoms with Crippen molar-refractivity contribution in [3.05, 3.63) is 0 Å². The maximum Gasteiger partial charge on any atom is 0.469 e. The van der Waals surface area contributed by atoms with E-state index in [1.54, 1.807) is 0 Å². The Balaban J connectivity index is 2.65. The molecule has 1 heterocycles. The van der Waals surface area contributed by atoms with Crippen molar-refractivity contribution in [3.8, 4) is 0 Å². The number of aliphatic hydroxyl groups is 1. The maximum atomic E-state index is 12.7. The summed E-state index contributed by atoms with van der Waals surface area (Å²) >= 11 is 0. The summed E-state index contributed by atoms with van der Waals surface area (Å²) < 4.78 is 60.9. The van der Waals surface area contributed by atoms with Gasteiger partial charge in [-0.1, -0.05) is 0 Å². The van der Waals surface area contributed by atoms with E-state index in [0.717, 1.165) is 0 Å². The molecule has 1 rings (SSSR count). The van der Waals surface area contributed by atoms with Crippen LogP contribution in [0.3, 0.4) is 0 Å². The van der Waals surface area contributed by atoms with E-state index in [1.807, 2.05) is 0 Å². The van der Waals surface area contributed by atoms with E-state index < -0.39 is 31.4 Å². The van der Waals surface area contributed by atoms with E-state index in [9.17, 15) is 22.0 Å². The fourth-order valence-electron chi connectivity index (χ4n) is 1.33. The number of nitrogens with zero attached hydrogens (tertiary/aromatic N) is 1. The molecule has 1 saturated heterocycles. The summed E-state index contributed by atoms with van der Waals surface area (Å²) in [5.74, 6) is 0. The third-order valence-corrected chi connectivity index (χ3v) is 2.20. The minimum Gasteiger partial charge on any atom is -0.393 e. The summed E-state index contributed by atoms with van der Waals surface area (Å²) in [6.45, 7) is -0.874. The van der Waals surface area contributed by atoms with Crippen LogP contribution in [0.1, 0.15) is 12.8 Å². The van der Waals surface area contributed by atoms with E-state index in [1.165, 1.54) is 0 Å². The van der Waals surface area contributed by atoms with Crippen LogP contribution in [0.15, 0.2) is 0 Å². The van der Waals surface area contributed by atoms with Gasteiger partial charge in [-0.3, -0.25) is 0 Å². The molecule has 0 radical (unpaired) electrons. The zero-order valence-electron chi connectivity index (χ0n) is 7.19. The predicted molar refractivity (Wildman–Crippen MR) is 37.8 cm³/mol. The van der Waals surface area contributed by atoms with Crippen molar-refractivity contribution in [2.45, 2.75) is 31.2 Å². The molecule has 0 atom stereocenters. The fraction of sp³-hybridized carbons (Fsp3) is 1.00. The van der Waals surface area contributed by atoms with Gasteiger partial charge in [0.1, 0.15) is 0 Å². The van der Waals surface area contributed by atoms with Crippen LogP contribution in [0.25, 0.3) is 0 Å². The molecule has 0 saturated carbocycles. The first-order chi connectivity index (χ1) is 6.25. The molecular formula is C7H10F5NO. The molecule has 0 aliphatic carbocycles. The van der Waals surface area contributed by atoms with Crippen LogP contribution >= 0.6 is 0 Å². The summed E-state index contributed by atoms with van der Waals surface area (Å²) in [5.41, 5.74) is 0. The second-order valence-electron chi connectivity index (χ2n) is 3.26. The average molecular weight is 219 g/mol. The van der Waals surface area contributed by atoms with Crippen LogP contribution in [-0.4, -0.2) is 41.4 Å². The van der Waals surface area contributed by atoms with E-state index in [0.29, 0.717) is 0 Å². The molecule has 14 heavy (non-hydrogen) atoms. The lowest BCUT2D eigenvalue weighted by atomic mass is 10.1. The van der Waals surface area contributed by atoms with Gasteiger partial charge in [-0.15, -0.1) is 0 Å². The van der Waals surface area contributed by atoms with Gasteiger partial charge in [-0.2, -0.15) is 22.0 Å². The molecule has 0 unspecified atom stereocenters. The van der Waals surface area contributed by atoms with E-state index in [-0.39, 0.29) is 17.7 Å². The number of likely N-dealkylation sites (tertiary alicyclic amines) is 1. The molecule has 1 N–H and O–H groups in total. The van der Waals surface area contributed by atoms with Crippen LogP contribution in [-0.2, 0) is 0 Å². The summed E-state index contributed by atoms with van der Waals surface area (Å²) in [6, 6.07) is -4.78. The largest absolute Gasteiger partial charge is 0.469 e. The highest BCUT2D eigenvalue weighted by Crippen LogP contribution is 2.39. The van der Waals surface area contributed by atoms with Crippen LogP contribution in [0.2, 0.25) is 0 Å². The lowest BCUT2D eigenvalue weighted by molar-refractivity contribution is -0.343. The van der Waals surface area contributed by atoms with Crippen LogP contribution in [0.4, 0.5) is 22.0 Å². The van der Waals surface area contributed by atoms with Crippen LogP contribution < -0.4 is 0 Å². The monoisotopic (exact) mass is 219 g/mol. The number of hydrogen-bond donors (Lipinski definition) is 1. The smallest absolute Gasteiger partial charge is 0.393 e. The van der Waals surface area contributed by atoms with Gasteiger partial charge in [0.15, 0.2) is 0 Å². The third kappa shape index (κ3) is 2.14. The van der Waals surface area contributed by atoms with Crippen LogP contribution in [0.5, 0.6) is 0 Å². The Hall–Kier alpha value is -0.430. The summed E-state index contributed by atoms with van der Waals surface area (Å²) in [6.07, 6.45) is -6.41. The number of halogens is 5. The molecule has 84 valence electrons. The zero-order valence-corrected chi connectivity index (χ0v) is 7.19. The molecule has 0 aromatic heterocycles. The van der Waals surface area contributed by atoms with Crippen molar-refractivity contribution in [1.82, 2.24) is 4.90 Å². The van der Waals surface area contributed by atoms with E-state index in [2.05, 4.69) is 0 Å². The quantitative estimate of drug-likeness (QED) is 0.534. The minimum absolute atomic E-state index is 0.0499. The van der Waals surface area contributed by atoms with Gasteiger partial charge in [0.2, 0.25) is 0 Å². The molecule has 0 bridgehead atoms. The molecule has 1 aliphatic rings. The van der Waals surface area contributed by atoms with Crippen LogP contribution in [0, 0.1) is 0 Å². The standard InChI is InChI=1S/C7H10F5NO/c8-6(9,10)7(11,12)13-3-1-5(14)2-4-13/h5,14H,1-4H2. The molecule has 1 aliphatic heterocycles. The van der Waals surface area contributed by atoms with Gasteiger partial charge >= 0.3 is 12.2 Å². The number of alkyl halides is 5. The topological polar surface area (TPSA) is 23.5 Å². The Morgan fingerprint density at radius 1 is 1.00 bits per heavy atom. The third-order valence-electron chi connectivity index (χ3n) is 2.20. The Labute approximate surface area is 77.3 Å². The van der Waals surface area contributed by atoms with Gasteiger partial charge in [0.25, 0.3) is 0 Å². The summed E-state index contributed by atoms with van der Waals surface area (Å²) in [4.78, 5) is 0.0553. The number of piperidine rings is 1. The summed E-state index contributed by atoms with van der Waals surface area (Å²) in [7, 11) is 0. The average Bonchev–Trinajstić information content (AvgIpc) is 2.03. The highest BCUT2D eigenvalue weighted by atomic mass is 19.4. The first kappa shape index (κ1) is 11.6. The predicted octanol–water partition coefficient (Wildman–Crippen LogP) is 1.60. The van der Waals surface area contributed by atoms with Gasteiger partial charge in [-0.25, -0.2) is 4.90 Å². The second kappa shape index (κ2) is 3.62. The Kier molecular flexibility index (Phi) is 3.01.